The minimum atomic E-state index is 0.0345. The number of hydrogen-bond acceptors (Lipinski definition) is 3. The first-order chi connectivity index (χ1) is 7.23. The molecule has 4 rings (SSSR count). The molecule has 2 aliphatic heterocycles. The molecule has 0 atom stereocenters. The molecule has 0 amide bonds. The summed E-state index contributed by atoms with van der Waals surface area (Å²) in [6.45, 7) is 2.94. The van der Waals surface area contributed by atoms with Crippen molar-refractivity contribution >= 4 is 0 Å². The Hall–Kier alpha value is -1.16. The van der Waals surface area contributed by atoms with Crippen molar-refractivity contribution < 1.29 is 0 Å². The van der Waals surface area contributed by atoms with Gasteiger partial charge in [-0.25, -0.2) is 4.98 Å². The van der Waals surface area contributed by atoms with Crippen LogP contribution in [0.4, 0.5) is 0 Å². The highest BCUT2D eigenvalue weighted by atomic mass is 16.1. The van der Waals surface area contributed by atoms with Crippen LogP contribution in [0.5, 0.6) is 0 Å². The van der Waals surface area contributed by atoms with Crippen molar-refractivity contribution in [3.05, 3.63) is 27.9 Å². The summed E-state index contributed by atoms with van der Waals surface area (Å²) >= 11 is 0. The minimum absolute atomic E-state index is 0.0345. The van der Waals surface area contributed by atoms with Crippen molar-refractivity contribution in [2.24, 2.45) is 0 Å². The maximum Gasteiger partial charge on any atom is 0.254 e. The molecule has 0 aromatic carbocycles. The highest BCUT2D eigenvalue weighted by molar-refractivity contribution is 5.24. The van der Waals surface area contributed by atoms with Gasteiger partial charge < -0.3 is 10.3 Å². The summed E-state index contributed by atoms with van der Waals surface area (Å²) in [6.07, 6.45) is 4.73. The summed E-state index contributed by atoms with van der Waals surface area (Å²) in [4.78, 5) is 19.0. The molecule has 2 N–H and O–H groups in total. The smallest absolute Gasteiger partial charge is 0.254 e. The van der Waals surface area contributed by atoms with Gasteiger partial charge in [0, 0.05) is 29.8 Å². The van der Waals surface area contributed by atoms with Crippen molar-refractivity contribution in [1.82, 2.24) is 15.3 Å². The van der Waals surface area contributed by atoms with Gasteiger partial charge in [0.25, 0.3) is 5.56 Å². The van der Waals surface area contributed by atoms with E-state index in [1.54, 1.807) is 6.20 Å². The lowest BCUT2D eigenvalue weighted by molar-refractivity contribution is 0.288. The number of aryl methyl sites for hydroxylation is 1. The van der Waals surface area contributed by atoms with Crippen LogP contribution in [0, 0.1) is 0 Å². The normalized spacial score (nSPS) is 32.7. The first-order valence-electron chi connectivity index (χ1n) is 5.55. The zero-order valence-corrected chi connectivity index (χ0v) is 8.84. The topological polar surface area (TPSA) is 57.8 Å². The summed E-state index contributed by atoms with van der Waals surface area (Å²) in [5.41, 5.74) is 0.944. The van der Waals surface area contributed by atoms with Gasteiger partial charge in [-0.1, -0.05) is 6.92 Å². The van der Waals surface area contributed by atoms with Crippen LogP contribution in [0.3, 0.4) is 0 Å². The lowest BCUT2D eigenvalue weighted by atomic mass is 9.69. The molecule has 0 unspecified atom stereocenters. The van der Waals surface area contributed by atoms with E-state index in [2.05, 4.69) is 15.3 Å². The average Bonchev–Trinajstić information content (AvgIpc) is 2.76. The van der Waals surface area contributed by atoms with Crippen molar-refractivity contribution in [1.29, 1.82) is 0 Å². The number of aromatic amines is 1. The van der Waals surface area contributed by atoms with E-state index in [0.717, 1.165) is 37.2 Å². The Morgan fingerprint density at radius 1 is 1.60 bits per heavy atom. The maximum absolute atomic E-state index is 11.7. The largest absolute Gasteiger partial charge is 0.313 e. The average molecular weight is 205 g/mol. The third-order valence-electron chi connectivity index (χ3n) is 3.76. The number of H-pyrrole nitrogens is 1. The third-order valence-corrected chi connectivity index (χ3v) is 3.76. The molecule has 4 heteroatoms. The molecule has 2 bridgehead atoms. The molecule has 3 aliphatic rings. The first kappa shape index (κ1) is 9.09. The lowest BCUT2D eigenvalue weighted by Gasteiger charge is -2.35. The summed E-state index contributed by atoms with van der Waals surface area (Å²) in [5, 5.41) is 3.42. The fourth-order valence-electron chi connectivity index (χ4n) is 2.73. The van der Waals surface area contributed by atoms with Crippen molar-refractivity contribution in [3.8, 4) is 0 Å². The van der Waals surface area contributed by atoms with E-state index in [0.29, 0.717) is 6.04 Å². The highest BCUT2D eigenvalue weighted by Crippen LogP contribution is 2.46. The predicted molar refractivity (Wildman–Crippen MR) is 56.9 cm³/mol. The Morgan fingerprint density at radius 3 is 2.93 bits per heavy atom. The Bertz CT molecular complexity index is 440. The molecular formula is C11H15N3O. The minimum Gasteiger partial charge on any atom is -0.313 e. The number of fused-ring (bicyclic) bond motifs is 1. The molecule has 2 saturated heterocycles. The number of hydrogen-bond donors (Lipinski definition) is 2. The summed E-state index contributed by atoms with van der Waals surface area (Å²) in [5.74, 6) is 0.881. The van der Waals surface area contributed by atoms with Crippen LogP contribution in [0.15, 0.2) is 11.0 Å². The molecule has 4 nitrogen and oxygen atoms in total. The van der Waals surface area contributed by atoms with Gasteiger partial charge >= 0.3 is 0 Å². The molecule has 15 heavy (non-hydrogen) atoms. The second-order valence-corrected chi connectivity index (χ2v) is 4.71. The van der Waals surface area contributed by atoms with E-state index in [-0.39, 0.29) is 11.0 Å². The zero-order chi connectivity index (χ0) is 10.5. The van der Waals surface area contributed by atoms with Gasteiger partial charge in [0.2, 0.25) is 0 Å². The maximum atomic E-state index is 11.7. The van der Waals surface area contributed by atoms with E-state index in [9.17, 15) is 4.79 Å². The van der Waals surface area contributed by atoms with Gasteiger partial charge in [0.05, 0.1) is 0 Å². The molecular weight excluding hydrogens is 190 g/mol. The van der Waals surface area contributed by atoms with Crippen LogP contribution in [-0.4, -0.2) is 22.6 Å². The van der Waals surface area contributed by atoms with E-state index in [4.69, 9.17) is 0 Å². The van der Waals surface area contributed by atoms with Crippen LogP contribution in [0.25, 0.3) is 0 Å². The SMILES string of the molecule is CCc1cnc(C23CNC(C2)C3)[nH]c1=O. The lowest BCUT2D eigenvalue weighted by Crippen LogP contribution is -2.40. The Morgan fingerprint density at radius 2 is 2.40 bits per heavy atom. The quantitative estimate of drug-likeness (QED) is 0.731. The summed E-state index contributed by atoms with van der Waals surface area (Å²) in [6, 6.07) is 0.654. The molecule has 80 valence electrons. The molecule has 0 spiro atoms. The van der Waals surface area contributed by atoms with E-state index >= 15 is 0 Å². The highest BCUT2D eigenvalue weighted by Gasteiger charge is 2.53. The first-order valence-corrected chi connectivity index (χ1v) is 5.55. The van der Waals surface area contributed by atoms with Crippen LogP contribution < -0.4 is 10.9 Å². The number of nitrogens with one attached hydrogen (secondary N) is 2. The molecule has 1 aromatic heterocycles. The van der Waals surface area contributed by atoms with Crippen molar-refractivity contribution in [3.63, 3.8) is 0 Å². The molecule has 0 radical (unpaired) electrons. The van der Waals surface area contributed by atoms with Gasteiger partial charge in [0.1, 0.15) is 5.82 Å². The van der Waals surface area contributed by atoms with Gasteiger partial charge in [-0.2, -0.15) is 0 Å². The molecule has 1 aromatic rings. The fraction of sp³-hybridized carbons (Fsp3) is 0.636. The Kier molecular flexibility index (Phi) is 1.77. The van der Waals surface area contributed by atoms with Gasteiger partial charge in [-0.3, -0.25) is 4.79 Å². The van der Waals surface area contributed by atoms with Gasteiger partial charge in [0.15, 0.2) is 0 Å². The van der Waals surface area contributed by atoms with Gasteiger partial charge in [-0.05, 0) is 19.3 Å². The summed E-state index contributed by atoms with van der Waals surface area (Å²) in [7, 11) is 0. The molecule has 1 aliphatic carbocycles. The van der Waals surface area contributed by atoms with E-state index in [1.165, 1.54) is 0 Å². The van der Waals surface area contributed by atoms with Crippen molar-refractivity contribution in [2.75, 3.05) is 6.54 Å². The summed E-state index contributed by atoms with van der Waals surface area (Å²) < 4.78 is 0. The van der Waals surface area contributed by atoms with E-state index < -0.39 is 0 Å². The fourth-order valence-corrected chi connectivity index (χ4v) is 2.73. The van der Waals surface area contributed by atoms with Crippen LogP contribution in [0.1, 0.15) is 31.2 Å². The molecule has 3 fully saturated rings. The van der Waals surface area contributed by atoms with Gasteiger partial charge in [-0.15, -0.1) is 0 Å². The van der Waals surface area contributed by atoms with Crippen LogP contribution >= 0.6 is 0 Å². The molecule has 3 heterocycles. The molecule has 1 saturated carbocycles. The standard InChI is InChI=1S/C11H15N3O/c1-2-7-5-12-10(14-9(7)15)11-3-8(4-11)13-6-11/h5,8,13H,2-4,6H2,1H3,(H,12,14,15). The number of aromatic nitrogens is 2. The predicted octanol–water partition coefficient (Wildman–Crippen LogP) is 0.336. The monoisotopic (exact) mass is 205 g/mol. The van der Waals surface area contributed by atoms with Crippen molar-refractivity contribution in [2.45, 2.75) is 37.6 Å². The van der Waals surface area contributed by atoms with E-state index in [1.807, 2.05) is 6.92 Å². The second-order valence-electron chi connectivity index (χ2n) is 4.71. The Balaban J connectivity index is 2.00. The number of rotatable bonds is 2. The zero-order valence-electron chi connectivity index (χ0n) is 8.84. The second kappa shape index (κ2) is 2.92. The third kappa shape index (κ3) is 1.17. The van der Waals surface area contributed by atoms with Crippen LogP contribution in [0.2, 0.25) is 0 Å². The number of nitrogens with zero attached hydrogens (tertiary/aromatic N) is 1. The van der Waals surface area contributed by atoms with Crippen LogP contribution in [-0.2, 0) is 11.8 Å². The Labute approximate surface area is 88.1 Å².